The van der Waals surface area contributed by atoms with Crippen molar-refractivity contribution >= 4 is 29.4 Å². The van der Waals surface area contributed by atoms with Gasteiger partial charge in [-0.05, 0) is 22.9 Å². The Morgan fingerprint density at radius 3 is 1.89 bits per heavy atom. The molecule has 4 rings (SSSR count). The summed E-state index contributed by atoms with van der Waals surface area (Å²) in [4.78, 5) is 10.1. The van der Waals surface area contributed by atoms with Crippen LogP contribution in [-0.4, -0.2) is 18.1 Å². The molecule has 0 aliphatic carbocycles. The first kappa shape index (κ1) is 18.5. The van der Waals surface area contributed by atoms with Crippen LogP contribution in [0.3, 0.4) is 0 Å². The summed E-state index contributed by atoms with van der Waals surface area (Å²) in [6, 6.07) is 26.4. The maximum Gasteiger partial charge on any atom is 0.527 e. The van der Waals surface area contributed by atoms with E-state index in [1.165, 1.54) is 0 Å². The minimum atomic E-state index is -4.27. The number of phosphoric ester groups is 1. The van der Waals surface area contributed by atoms with Gasteiger partial charge in [0.2, 0.25) is 0 Å². The molecule has 0 amide bonds. The number of fused-ring (bicyclic) bond motifs is 2. The number of benzene rings is 4. The fraction of sp³-hybridized carbons (Fsp3) is 0.0909. The van der Waals surface area contributed by atoms with Crippen LogP contribution in [0.5, 0.6) is 11.5 Å². The van der Waals surface area contributed by atoms with Crippen LogP contribution < -0.4 is 9.26 Å². The highest BCUT2D eigenvalue weighted by Crippen LogP contribution is 2.45. The van der Waals surface area contributed by atoms with Gasteiger partial charge in [-0.2, -0.15) is 0 Å². The Hall–Kier alpha value is -2.85. The first-order valence-corrected chi connectivity index (χ1v) is 10.4. The summed E-state index contributed by atoms with van der Waals surface area (Å²) in [5.74, 6) is 1.00. The van der Waals surface area contributed by atoms with E-state index in [1.54, 1.807) is 12.1 Å². The van der Waals surface area contributed by atoms with Gasteiger partial charge in [-0.25, -0.2) is 4.57 Å². The van der Waals surface area contributed by atoms with Gasteiger partial charge in [0, 0.05) is 10.8 Å². The average Bonchev–Trinajstić information content (AvgIpc) is 2.71. The molecule has 0 aliphatic heterocycles. The first-order chi connectivity index (χ1) is 13.6. The summed E-state index contributed by atoms with van der Waals surface area (Å²) in [7, 11) is -4.27. The normalized spacial score (nSPS) is 13.3. The minimum Gasteiger partial charge on any atom is -0.491 e. The van der Waals surface area contributed by atoms with Crippen LogP contribution in [0.15, 0.2) is 84.9 Å². The molecule has 0 bridgehead atoms. The molecule has 6 heteroatoms. The monoisotopic (exact) mass is 394 g/mol. The van der Waals surface area contributed by atoms with Crippen molar-refractivity contribution in [1.29, 1.82) is 0 Å². The molecule has 0 radical (unpaired) electrons. The molecule has 1 unspecified atom stereocenters. The average molecular weight is 394 g/mol. The van der Waals surface area contributed by atoms with Gasteiger partial charge in [0.25, 0.3) is 0 Å². The highest BCUT2D eigenvalue weighted by atomic mass is 31.2. The summed E-state index contributed by atoms with van der Waals surface area (Å²) in [6.07, 6.45) is 0. The van der Waals surface area contributed by atoms with Crippen molar-refractivity contribution in [2.75, 3.05) is 13.2 Å². The van der Waals surface area contributed by atoms with E-state index in [0.717, 1.165) is 21.5 Å². The maximum atomic E-state index is 12.3. The Kier molecular flexibility index (Phi) is 5.31. The minimum absolute atomic E-state index is 0.0816. The summed E-state index contributed by atoms with van der Waals surface area (Å²) in [5.41, 5.74) is 0. The number of rotatable bonds is 7. The van der Waals surface area contributed by atoms with Crippen molar-refractivity contribution < 1.29 is 23.2 Å². The van der Waals surface area contributed by atoms with Crippen molar-refractivity contribution in [3.8, 4) is 11.5 Å². The standard InChI is InChI=1S/C22H19O5P/c23-28(24,27-22-14-6-10-18-8-2-4-12-20(18)22)26-16-15-25-21-13-5-9-17-7-1-3-11-19(17)21/h1-14H,15-16H2,(H,23,24). The number of hydrogen-bond donors (Lipinski definition) is 1. The fourth-order valence-corrected chi connectivity index (χ4v) is 3.82. The van der Waals surface area contributed by atoms with Gasteiger partial charge in [-0.3, -0.25) is 9.42 Å². The summed E-state index contributed by atoms with van der Waals surface area (Å²) in [5, 5.41) is 3.70. The summed E-state index contributed by atoms with van der Waals surface area (Å²) >= 11 is 0. The Labute approximate surface area is 162 Å². The molecule has 0 spiro atoms. The lowest BCUT2D eigenvalue weighted by molar-refractivity contribution is 0.166. The van der Waals surface area contributed by atoms with Crippen LogP contribution in [0.1, 0.15) is 0 Å². The summed E-state index contributed by atoms with van der Waals surface area (Å²) < 4.78 is 28.4. The molecule has 0 saturated carbocycles. The zero-order chi connectivity index (χ0) is 19.4. The predicted octanol–water partition coefficient (Wildman–Crippen LogP) is 5.57. The van der Waals surface area contributed by atoms with E-state index in [9.17, 15) is 9.46 Å². The highest BCUT2D eigenvalue weighted by Gasteiger charge is 2.23. The first-order valence-electron chi connectivity index (χ1n) is 8.88. The quantitative estimate of drug-likeness (QED) is 0.328. The van der Waals surface area contributed by atoms with E-state index in [-0.39, 0.29) is 13.2 Å². The third kappa shape index (κ3) is 4.18. The van der Waals surface area contributed by atoms with Crippen molar-refractivity contribution in [2.24, 2.45) is 0 Å². The second-order valence-corrected chi connectivity index (χ2v) is 7.57. The molecule has 0 heterocycles. The largest absolute Gasteiger partial charge is 0.527 e. The number of hydrogen-bond acceptors (Lipinski definition) is 4. The van der Waals surface area contributed by atoms with Gasteiger partial charge < -0.3 is 9.26 Å². The van der Waals surface area contributed by atoms with Crippen LogP contribution in [0.4, 0.5) is 0 Å². The van der Waals surface area contributed by atoms with Crippen LogP contribution in [0.25, 0.3) is 21.5 Å². The van der Waals surface area contributed by atoms with Crippen LogP contribution in [0, 0.1) is 0 Å². The van der Waals surface area contributed by atoms with Crippen molar-refractivity contribution in [3.63, 3.8) is 0 Å². The van der Waals surface area contributed by atoms with Crippen LogP contribution >= 0.6 is 7.82 Å². The highest BCUT2D eigenvalue weighted by molar-refractivity contribution is 7.47. The zero-order valence-electron chi connectivity index (χ0n) is 15.0. The number of ether oxygens (including phenoxy) is 1. The van der Waals surface area contributed by atoms with Crippen molar-refractivity contribution in [2.45, 2.75) is 0 Å². The topological polar surface area (TPSA) is 65.0 Å². The van der Waals surface area contributed by atoms with Crippen LogP contribution in [0.2, 0.25) is 0 Å². The molecule has 142 valence electrons. The lowest BCUT2D eigenvalue weighted by Gasteiger charge is -2.15. The van der Waals surface area contributed by atoms with E-state index >= 15 is 0 Å². The number of phosphoric acid groups is 1. The van der Waals surface area contributed by atoms with Gasteiger partial charge >= 0.3 is 7.82 Å². The third-order valence-electron chi connectivity index (χ3n) is 4.31. The van der Waals surface area contributed by atoms with Crippen molar-refractivity contribution in [1.82, 2.24) is 0 Å². The molecule has 0 aliphatic rings. The Bertz CT molecular complexity index is 1150. The van der Waals surface area contributed by atoms with Gasteiger partial charge in [0.1, 0.15) is 18.1 Å². The summed E-state index contributed by atoms with van der Waals surface area (Å²) in [6.45, 7) is 0.0409. The Morgan fingerprint density at radius 2 is 1.21 bits per heavy atom. The smallest absolute Gasteiger partial charge is 0.491 e. The Morgan fingerprint density at radius 1 is 0.679 bits per heavy atom. The zero-order valence-corrected chi connectivity index (χ0v) is 15.9. The van der Waals surface area contributed by atoms with Gasteiger partial charge in [-0.15, -0.1) is 0 Å². The fourth-order valence-electron chi connectivity index (χ4n) is 3.05. The molecule has 0 saturated heterocycles. The molecule has 4 aromatic rings. The third-order valence-corrected chi connectivity index (χ3v) is 5.24. The predicted molar refractivity (Wildman–Crippen MR) is 110 cm³/mol. The van der Waals surface area contributed by atoms with E-state index < -0.39 is 7.82 Å². The van der Waals surface area contributed by atoms with Gasteiger partial charge in [0.05, 0.1) is 6.61 Å². The van der Waals surface area contributed by atoms with E-state index in [4.69, 9.17) is 13.8 Å². The molecular weight excluding hydrogens is 375 g/mol. The van der Waals surface area contributed by atoms with Crippen LogP contribution in [-0.2, 0) is 9.09 Å². The Balaban J connectivity index is 1.38. The lowest BCUT2D eigenvalue weighted by Crippen LogP contribution is -2.08. The van der Waals surface area contributed by atoms with Gasteiger partial charge in [-0.1, -0.05) is 72.8 Å². The maximum absolute atomic E-state index is 12.3. The molecular formula is C22H19O5P. The van der Waals surface area contributed by atoms with E-state index in [2.05, 4.69) is 0 Å². The molecule has 0 fully saturated rings. The van der Waals surface area contributed by atoms with Gasteiger partial charge in [0.15, 0.2) is 0 Å². The molecule has 0 aromatic heterocycles. The molecule has 1 atom stereocenters. The van der Waals surface area contributed by atoms with Crippen molar-refractivity contribution in [3.05, 3.63) is 84.9 Å². The SMILES string of the molecule is O=P(O)(OCCOc1cccc2ccccc12)Oc1cccc2ccccc12. The second-order valence-electron chi connectivity index (χ2n) is 6.20. The molecule has 5 nitrogen and oxygen atoms in total. The van der Waals surface area contributed by atoms with E-state index in [1.807, 2.05) is 72.8 Å². The molecule has 4 aromatic carbocycles. The molecule has 1 N–H and O–H groups in total. The molecule has 28 heavy (non-hydrogen) atoms. The second kappa shape index (κ2) is 8.03. The van der Waals surface area contributed by atoms with E-state index in [0.29, 0.717) is 11.5 Å². The lowest BCUT2D eigenvalue weighted by atomic mass is 10.1.